The molecule has 1 aliphatic carbocycles. The molecule has 1 fully saturated rings. The van der Waals surface area contributed by atoms with Gasteiger partial charge in [0.2, 0.25) is 0 Å². The standard InChI is InChI=1S/C13H14N4O2S/c1-8-4-11(15-7-14-8)17-12(20-6-13(18)19)5-10(16-17)9-2-3-9/h4-5,7,9H,2-3,6H2,1H3,(H,18,19). The van der Waals surface area contributed by atoms with Crippen LogP contribution in [0.15, 0.2) is 23.5 Å². The van der Waals surface area contributed by atoms with E-state index in [9.17, 15) is 4.79 Å². The molecule has 2 aromatic rings. The summed E-state index contributed by atoms with van der Waals surface area (Å²) in [6.45, 7) is 1.89. The molecule has 1 saturated carbocycles. The van der Waals surface area contributed by atoms with E-state index in [0.29, 0.717) is 11.7 Å². The molecule has 0 aliphatic heterocycles. The quantitative estimate of drug-likeness (QED) is 0.849. The van der Waals surface area contributed by atoms with Crippen molar-refractivity contribution in [1.29, 1.82) is 0 Å². The minimum atomic E-state index is -0.838. The lowest BCUT2D eigenvalue weighted by Crippen LogP contribution is -2.05. The number of aromatic nitrogens is 4. The van der Waals surface area contributed by atoms with Gasteiger partial charge in [0, 0.05) is 17.7 Å². The Hall–Kier alpha value is -1.89. The SMILES string of the molecule is Cc1cc(-n2nc(C3CC3)cc2SCC(=O)O)ncn1. The summed E-state index contributed by atoms with van der Waals surface area (Å²) in [7, 11) is 0. The molecule has 0 atom stereocenters. The molecule has 1 N–H and O–H groups in total. The number of hydrogen-bond donors (Lipinski definition) is 1. The number of thioether (sulfide) groups is 1. The van der Waals surface area contributed by atoms with Gasteiger partial charge >= 0.3 is 5.97 Å². The molecule has 2 heterocycles. The maximum atomic E-state index is 10.8. The van der Waals surface area contributed by atoms with Crippen LogP contribution < -0.4 is 0 Å². The summed E-state index contributed by atoms with van der Waals surface area (Å²) in [4.78, 5) is 19.0. The first kappa shape index (κ1) is 13.1. The Bertz CT molecular complexity index is 652. The summed E-state index contributed by atoms with van der Waals surface area (Å²) in [5.74, 6) is 0.370. The van der Waals surface area contributed by atoms with Crippen LogP contribution in [0, 0.1) is 6.92 Å². The number of rotatable bonds is 5. The summed E-state index contributed by atoms with van der Waals surface area (Å²) >= 11 is 1.26. The van der Waals surface area contributed by atoms with Crippen LogP contribution in [-0.4, -0.2) is 36.6 Å². The van der Waals surface area contributed by atoms with E-state index < -0.39 is 5.97 Å². The van der Waals surface area contributed by atoms with E-state index in [1.807, 2.05) is 19.1 Å². The van der Waals surface area contributed by atoms with Crippen LogP contribution in [0.25, 0.3) is 5.82 Å². The molecule has 6 nitrogen and oxygen atoms in total. The highest BCUT2D eigenvalue weighted by molar-refractivity contribution is 7.99. The van der Waals surface area contributed by atoms with E-state index in [0.717, 1.165) is 29.3 Å². The highest BCUT2D eigenvalue weighted by Crippen LogP contribution is 2.40. The Morgan fingerprint density at radius 1 is 1.45 bits per heavy atom. The van der Waals surface area contributed by atoms with Crippen molar-refractivity contribution in [2.45, 2.75) is 30.7 Å². The summed E-state index contributed by atoms with van der Waals surface area (Å²) in [6, 6.07) is 3.82. The molecule has 20 heavy (non-hydrogen) atoms. The number of hydrogen-bond acceptors (Lipinski definition) is 5. The number of carboxylic acids is 1. The number of carbonyl (C=O) groups is 1. The van der Waals surface area contributed by atoms with Gasteiger partial charge in [-0.2, -0.15) is 5.10 Å². The van der Waals surface area contributed by atoms with Crippen LogP contribution in [0.3, 0.4) is 0 Å². The van der Waals surface area contributed by atoms with Gasteiger partial charge in [0.25, 0.3) is 0 Å². The molecule has 0 saturated heterocycles. The van der Waals surface area contributed by atoms with Gasteiger partial charge in [-0.3, -0.25) is 4.79 Å². The monoisotopic (exact) mass is 290 g/mol. The fourth-order valence-electron chi connectivity index (χ4n) is 1.92. The smallest absolute Gasteiger partial charge is 0.313 e. The average molecular weight is 290 g/mol. The fraction of sp³-hybridized carbons (Fsp3) is 0.385. The van der Waals surface area contributed by atoms with Crippen molar-refractivity contribution in [2.24, 2.45) is 0 Å². The van der Waals surface area contributed by atoms with Crippen molar-refractivity contribution in [3.05, 3.63) is 29.8 Å². The summed E-state index contributed by atoms with van der Waals surface area (Å²) < 4.78 is 1.72. The van der Waals surface area contributed by atoms with Gasteiger partial charge in [0.15, 0.2) is 5.82 Å². The van der Waals surface area contributed by atoms with Crippen LogP contribution in [0.2, 0.25) is 0 Å². The molecule has 0 spiro atoms. The Morgan fingerprint density at radius 3 is 2.90 bits per heavy atom. The van der Waals surface area contributed by atoms with E-state index in [4.69, 9.17) is 5.11 Å². The van der Waals surface area contributed by atoms with Crippen molar-refractivity contribution in [3.63, 3.8) is 0 Å². The highest BCUT2D eigenvalue weighted by atomic mass is 32.2. The molecule has 0 amide bonds. The van der Waals surface area contributed by atoms with E-state index in [2.05, 4.69) is 15.1 Å². The zero-order chi connectivity index (χ0) is 14.1. The third-order valence-corrected chi connectivity index (χ3v) is 4.02. The van der Waals surface area contributed by atoms with Crippen molar-refractivity contribution in [3.8, 4) is 5.82 Å². The predicted octanol–water partition coefficient (Wildman–Crippen LogP) is 2.02. The van der Waals surface area contributed by atoms with Gasteiger partial charge in [-0.25, -0.2) is 14.6 Å². The molecule has 0 aromatic carbocycles. The first-order valence-corrected chi connectivity index (χ1v) is 7.35. The zero-order valence-electron chi connectivity index (χ0n) is 11.0. The lowest BCUT2D eigenvalue weighted by molar-refractivity contribution is -0.133. The van der Waals surface area contributed by atoms with Gasteiger partial charge in [-0.1, -0.05) is 11.8 Å². The average Bonchev–Trinajstić information content (AvgIpc) is 3.17. The van der Waals surface area contributed by atoms with Gasteiger partial charge in [0.05, 0.1) is 11.4 Å². The normalized spacial score (nSPS) is 14.4. The molecule has 0 radical (unpaired) electrons. The van der Waals surface area contributed by atoms with Crippen LogP contribution >= 0.6 is 11.8 Å². The van der Waals surface area contributed by atoms with E-state index >= 15 is 0 Å². The van der Waals surface area contributed by atoms with Gasteiger partial charge in [-0.05, 0) is 25.8 Å². The predicted molar refractivity (Wildman–Crippen MR) is 74.2 cm³/mol. The summed E-state index contributed by atoms with van der Waals surface area (Å²) in [5, 5.41) is 14.2. The number of aryl methyl sites for hydroxylation is 1. The minimum absolute atomic E-state index is 0.0138. The van der Waals surface area contributed by atoms with Crippen LogP contribution in [-0.2, 0) is 4.79 Å². The Morgan fingerprint density at radius 2 is 2.25 bits per heavy atom. The van der Waals surface area contributed by atoms with Gasteiger partial charge in [-0.15, -0.1) is 0 Å². The second-order valence-corrected chi connectivity index (χ2v) is 5.79. The van der Waals surface area contributed by atoms with Gasteiger partial charge in [0.1, 0.15) is 11.4 Å². The Labute approximate surface area is 120 Å². The Balaban J connectivity index is 1.96. The van der Waals surface area contributed by atoms with Crippen molar-refractivity contribution >= 4 is 17.7 Å². The first-order chi connectivity index (χ1) is 9.63. The third kappa shape index (κ3) is 2.82. The number of nitrogens with zero attached hydrogens (tertiary/aromatic N) is 4. The van der Waals surface area contributed by atoms with E-state index in [-0.39, 0.29) is 5.75 Å². The van der Waals surface area contributed by atoms with Crippen LogP contribution in [0.4, 0.5) is 0 Å². The van der Waals surface area contributed by atoms with E-state index in [1.54, 1.807) is 4.68 Å². The maximum absolute atomic E-state index is 10.8. The minimum Gasteiger partial charge on any atom is -0.481 e. The lowest BCUT2D eigenvalue weighted by Gasteiger charge is -2.05. The highest BCUT2D eigenvalue weighted by Gasteiger charge is 2.28. The second-order valence-electron chi connectivity index (χ2n) is 4.79. The van der Waals surface area contributed by atoms with Crippen molar-refractivity contribution in [2.75, 3.05) is 5.75 Å². The lowest BCUT2D eigenvalue weighted by atomic mass is 10.3. The number of carboxylic acid groups (broad SMARTS) is 1. The molecular formula is C13H14N4O2S. The molecule has 104 valence electrons. The second kappa shape index (κ2) is 5.24. The summed E-state index contributed by atoms with van der Waals surface area (Å²) in [6.07, 6.45) is 3.81. The fourth-order valence-corrected chi connectivity index (χ4v) is 2.65. The topological polar surface area (TPSA) is 80.9 Å². The van der Waals surface area contributed by atoms with Crippen molar-refractivity contribution < 1.29 is 9.90 Å². The largest absolute Gasteiger partial charge is 0.481 e. The zero-order valence-corrected chi connectivity index (χ0v) is 11.8. The Kier molecular flexibility index (Phi) is 3.43. The van der Waals surface area contributed by atoms with Crippen molar-refractivity contribution in [1.82, 2.24) is 19.7 Å². The molecular weight excluding hydrogens is 276 g/mol. The van der Waals surface area contributed by atoms with E-state index in [1.165, 1.54) is 18.1 Å². The molecule has 0 unspecified atom stereocenters. The number of aliphatic carboxylic acids is 1. The molecule has 7 heteroatoms. The summed E-state index contributed by atoms with van der Waals surface area (Å²) in [5.41, 5.74) is 1.88. The molecule has 3 rings (SSSR count). The third-order valence-electron chi connectivity index (χ3n) is 3.04. The van der Waals surface area contributed by atoms with Crippen LogP contribution in [0.5, 0.6) is 0 Å². The van der Waals surface area contributed by atoms with Gasteiger partial charge < -0.3 is 5.11 Å². The maximum Gasteiger partial charge on any atom is 0.313 e. The first-order valence-electron chi connectivity index (χ1n) is 6.37. The molecule has 2 aromatic heterocycles. The van der Waals surface area contributed by atoms with Crippen LogP contribution in [0.1, 0.15) is 30.1 Å². The molecule has 1 aliphatic rings. The molecule has 0 bridgehead atoms.